The Hall–Kier alpha value is -3.61. The molecule has 12 heteroatoms. The van der Waals surface area contributed by atoms with Gasteiger partial charge in [0.1, 0.15) is 11.1 Å². The van der Waals surface area contributed by atoms with Crippen molar-refractivity contribution in [3.05, 3.63) is 82.6 Å². The SMILES string of the molecule is CN(C(=O)[C@@H](N)CCCCN)[C@@H](Cc1c[nH]c2ccccc12)C(=O)NCc1cc(N2CCCC2)cc(Cl)c1Sc1ncccc1CN. The Morgan fingerprint density at radius 3 is 2.64 bits per heavy atom. The van der Waals surface area contributed by atoms with E-state index >= 15 is 0 Å². The van der Waals surface area contributed by atoms with Crippen molar-refractivity contribution in [3.8, 4) is 0 Å². The fourth-order valence-electron chi connectivity index (χ4n) is 6.07. The molecule has 8 N–H and O–H groups in total. The number of nitrogens with one attached hydrogen (secondary N) is 2. The second-order valence-corrected chi connectivity index (χ2v) is 13.4. The standard InChI is InChI=1S/C35H45ClN8O2S/c1-43(35(46)29(39)11-4-5-13-37)31(18-24-21-41-30-12-3-2-10-27(24)30)33(45)42-22-25-17-26(44-15-6-7-16-44)19-28(36)32(25)47-34-23(20-38)9-8-14-40-34/h2-3,8-10,12,14,17,19,21,29,31,41H,4-7,11,13,15-16,18,20,22,37-39H2,1H3,(H,42,45)/t29-,31-/m0/s1. The molecule has 5 rings (SSSR count). The molecular formula is C35H45ClN8O2S. The van der Waals surface area contributed by atoms with Gasteiger partial charge >= 0.3 is 0 Å². The summed E-state index contributed by atoms with van der Waals surface area (Å²) in [5.41, 5.74) is 22.7. The highest BCUT2D eigenvalue weighted by Crippen LogP contribution is 2.40. The van der Waals surface area contributed by atoms with E-state index in [1.165, 1.54) is 16.7 Å². The van der Waals surface area contributed by atoms with Crippen molar-refractivity contribution in [2.24, 2.45) is 17.2 Å². The number of hydrogen-bond acceptors (Lipinski definition) is 8. The topological polar surface area (TPSA) is 159 Å². The molecule has 0 bridgehead atoms. The first kappa shape index (κ1) is 34.7. The summed E-state index contributed by atoms with van der Waals surface area (Å²) in [6.07, 6.45) is 8.23. The van der Waals surface area contributed by atoms with E-state index < -0.39 is 12.1 Å². The van der Waals surface area contributed by atoms with Crippen LogP contribution in [-0.2, 0) is 29.1 Å². The Morgan fingerprint density at radius 1 is 1.09 bits per heavy atom. The van der Waals surface area contributed by atoms with Crippen LogP contribution in [0.25, 0.3) is 10.9 Å². The molecule has 0 unspecified atom stereocenters. The van der Waals surface area contributed by atoms with Crippen LogP contribution in [-0.4, -0.2) is 65.4 Å². The van der Waals surface area contributed by atoms with Gasteiger partial charge in [0, 0.05) is 73.5 Å². The van der Waals surface area contributed by atoms with Gasteiger partial charge in [0.2, 0.25) is 11.8 Å². The molecule has 10 nitrogen and oxygen atoms in total. The van der Waals surface area contributed by atoms with E-state index in [2.05, 4.69) is 26.3 Å². The summed E-state index contributed by atoms with van der Waals surface area (Å²) in [4.78, 5) is 40.2. The number of nitrogens with two attached hydrogens (primary N) is 3. The normalized spacial score (nSPS) is 14.4. The molecule has 0 aliphatic carbocycles. The number of anilines is 1. The van der Waals surface area contributed by atoms with Gasteiger partial charge in [-0.05, 0) is 73.2 Å². The number of pyridine rings is 1. The lowest BCUT2D eigenvalue weighted by Crippen LogP contribution is -2.53. The number of amides is 2. The number of nitrogens with zero attached hydrogens (tertiary/aromatic N) is 3. The average molecular weight is 677 g/mol. The third kappa shape index (κ3) is 8.46. The maximum atomic E-state index is 14.2. The monoisotopic (exact) mass is 676 g/mol. The lowest BCUT2D eigenvalue weighted by atomic mass is 10.0. The van der Waals surface area contributed by atoms with E-state index in [0.29, 0.717) is 31.0 Å². The van der Waals surface area contributed by atoms with Gasteiger partial charge in [0.05, 0.1) is 11.1 Å². The zero-order valence-corrected chi connectivity index (χ0v) is 28.5. The molecule has 0 radical (unpaired) electrons. The van der Waals surface area contributed by atoms with E-state index in [0.717, 1.165) is 82.0 Å². The largest absolute Gasteiger partial charge is 0.371 e. The number of rotatable bonds is 15. The quantitative estimate of drug-likeness (QED) is 0.115. The fourth-order valence-corrected chi connectivity index (χ4v) is 7.42. The van der Waals surface area contributed by atoms with Crippen molar-refractivity contribution in [2.75, 3.05) is 31.6 Å². The number of H-pyrrole nitrogens is 1. The lowest BCUT2D eigenvalue weighted by Gasteiger charge is -2.30. The second-order valence-electron chi connectivity index (χ2n) is 12.0. The van der Waals surface area contributed by atoms with Crippen LogP contribution >= 0.6 is 23.4 Å². The predicted octanol–water partition coefficient (Wildman–Crippen LogP) is 4.57. The van der Waals surface area contributed by atoms with Crippen LogP contribution in [0.5, 0.6) is 0 Å². The van der Waals surface area contributed by atoms with Gasteiger partial charge < -0.3 is 37.3 Å². The molecule has 3 heterocycles. The molecule has 1 aliphatic rings. The number of likely N-dealkylation sites (N-methyl/N-ethyl adjacent to an activating group) is 1. The summed E-state index contributed by atoms with van der Waals surface area (Å²) >= 11 is 8.41. The maximum absolute atomic E-state index is 14.2. The highest BCUT2D eigenvalue weighted by Gasteiger charge is 2.31. The van der Waals surface area contributed by atoms with Crippen LogP contribution < -0.4 is 27.4 Å². The molecule has 47 heavy (non-hydrogen) atoms. The summed E-state index contributed by atoms with van der Waals surface area (Å²) in [5.74, 6) is -0.554. The zero-order chi connectivity index (χ0) is 33.3. The summed E-state index contributed by atoms with van der Waals surface area (Å²) < 4.78 is 0. The van der Waals surface area contributed by atoms with Gasteiger partial charge in [-0.2, -0.15) is 0 Å². The lowest BCUT2D eigenvalue weighted by molar-refractivity contribution is -0.140. The van der Waals surface area contributed by atoms with Crippen molar-refractivity contribution in [3.63, 3.8) is 0 Å². The molecule has 2 aromatic carbocycles. The zero-order valence-electron chi connectivity index (χ0n) is 26.9. The predicted molar refractivity (Wildman–Crippen MR) is 190 cm³/mol. The minimum Gasteiger partial charge on any atom is -0.371 e. The smallest absolute Gasteiger partial charge is 0.243 e. The molecule has 1 saturated heterocycles. The van der Waals surface area contributed by atoms with Crippen LogP contribution in [0.15, 0.2) is 70.8 Å². The number of halogens is 1. The number of fused-ring (bicyclic) bond motifs is 1. The molecule has 2 amide bonds. The van der Waals surface area contributed by atoms with Crippen molar-refractivity contribution in [2.45, 2.75) is 73.6 Å². The molecule has 0 spiro atoms. The fraction of sp³-hybridized carbons (Fsp3) is 0.400. The summed E-state index contributed by atoms with van der Waals surface area (Å²) in [7, 11) is 1.66. The summed E-state index contributed by atoms with van der Waals surface area (Å²) in [6, 6.07) is 14.3. The number of carbonyl (C=O) groups is 2. The first-order valence-electron chi connectivity index (χ1n) is 16.2. The van der Waals surface area contributed by atoms with Crippen molar-refractivity contribution >= 4 is 51.8 Å². The summed E-state index contributed by atoms with van der Waals surface area (Å²) in [6.45, 7) is 3.01. The molecule has 1 aliphatic heterocycles. The molecule has 0 saturated carbocycles. The molecule has 2 aromatic heterocycles. The first-order valence-corrected chi connectivity index (χ1v) is 17.4. The Kier molecular flexibility index (Phi) is 12.2. The number of hydrogen-bond donors (Lipinski definition) is 5. The van der Waals surface area contributed by atoms with Crippen molar-refractivity contribution in [1.82, 2.24) is 20.2 Å². The average Bonchev–Trinajstić information content (AvgIpc) is 3.78. The number of aromatic nitrogens is 2. The van der Waals surface area contributed by atoms with E-state index in [9.17, 15) is 9.59 Å². The highest BCUT2D eigenvalue weighted by atomic mass is 35.5. The maximum Gasteiger partial charge on any atom is 0.243 e. The number of aromatic amines is 1. The van der Waals surface area contributed by atoms with Crippen LogP contribution in [0.4, 0.5) is 5.69 Å². The van der Waals surface area contributed by atoms with Gasteiger partial charge in [-0.25, -0.2) is 4.98 Å². The molecule has 4 aromatic rings. The highest BCUT2D eigenvalue weighted by molar-refractivity contribution is 7.99. The third-order valence-electron chi connectivity index (χ3n) is 8.79. The van der Waals surface area contributed by atoms with E-state index in [4.69, 9.17) is 28.8 Å². The Labute approximate surface area is 285 Å². The molecule has 2 atom stereocenters. The first-order chi connectivity index (χ1) is 22.8. The van der Waals surface area contributed by atoms with Gasteiger partial charge in [-0.3, -0.25) is 9.59 Å². The minimum absolute atomic E-state index is 0.211. The number of unbranched alkanes of at least 4 members (excludes halogenated alkanes) is 1. The van der Waals surface area contributed by atoms with Gasteiger partial charge in [-0.15, -0.1) is 0 Å². The Bertz CT molecular complexity index is 1670. The Balaban J connectivity index is 1.43. The number of para-hydroxylation sites is 1. The number of carbonyl (C=O) groups excluding carboxylic acids is 2. The van der Waals surface area contributed by atoms with E-state index in [1.54, 1.807) is 13.2 Å². The van der Waals surface area contributed by atoms with E-state index in [-0.39, 0.29) is 18.4 Å². The molecule has 1 fully saturated rings. The summed E-state index contributed by atoms with van der Waals surface area (Å²) in [5, 5.41) is 5.51. The van der Waals surface area contributed by atoms with Gasteiger partial charge in [0.15, 0.2) is 0 Å². The van der Waals surface area contributed by atoms with Crippen LogP contribution in [0.2, 0.25) is 5.02 Å². The minimum atomic E-state index is -0.796. The van der Waals surface area contributed by atoms with Crippen LogP contribution in [0.3, 0.4) is 0 Å². The molecule has 250 valence electrons. The van der Waals surface area contributed by atoms with Gasteiger partial charge in [0.25, 0.3) is 0 Å². The Morgan fingerprint density at radius 2 is 1.87 bits per heavy atom. The number of benzene rings is 2. The van der Waals surface area contributed by atoms with Crippen LogP contribution in [0, 0.1) is 0 Å². The third-order valence-corrected chi connectivity index (χ3v) is 10.4. The molecular weight excluding hydrogens is 632 g/mol. The second kappa shape index (κ2) is 16.5. The van der Waals surface area contributed by atoms with E-state index in [1.807, 2.05) is 48.7 Å². The van der Waals surface area contributed by atoms with Crippen LogP contribution in [0.1, 0.15) is 48.8 Å². The van der Waals surface area contributed by atoms with Crippen molar-refractivity contribution in [1.29, 1.82) is 0 Å². The van der Waals surface area contributed by atoms with Crippen molar-refractivity contribution < 1.29 is 9.59 Å². The van der Waals surface area contributed by atoms with Gasteiger partial charge in [-0.1, -0.05) is 54.0 Å².